The molecule has 0 aromatic rings. The third-order valence-corrected chi connectivity index (χ3v) is 10.8. The van der Waals surface area contributed by atoms with Gasteiger partial charge in [-0.1, -0.05) is 140 Å². The third-order valence-electron chi connectivity index (χ3n) is 10.8. The van der Waals surface area contributed by atoms with Crippen molar-refractivity contribution >= 4 is 0 Å². The van der Waals surface area contributed by atoms with E-state index in [0.717, 1.165) is 36.2 Å². The first kappa shape index (κ1) is 43.0. The Hall–Kier alpha value is -1.16. The van der Waals surface area contributed by atoms with Gasteiger partial charge in [0.25, 0.3) is 0 Å². The second-order valence-electron chi connectivity index (χ2n) is 16.1. The zero-order chi connectivity index (χ0) is 34.6. The van der Waals surface area contributed by atoms with Gasteiger partial charge in [-0.3, -0.25) is 0 Å². The standard InChI is InChI=1S/C45H82NO2/c1-6-8-10-12-14-16-18-20-22-24-26-28-30-32-34-36-43-44(48-45(47-43)40-38-42(39-41-45)46(3,4)5)37-35-33-31-29-27-25-23-21-19-17-15-13-11-9-7-2/h14-17,20-23,42-44H,6-13,18-19,24-41H2,1-5H3/q+1/b16-14-,17-15-,22-20-,23-21-. The highest BCUT2D eigenvalue weighted by molar-refractivity contribution is 4.94. The van der Waals surface area contributed by atoms with Gasteiger partial charge < -0.3 is 14.0 Å². The normalized spacial score (nSPS) is 23.7. The lowest BCUT2D eigenvalue weighted by Gasteiger charge is -2.42. The van der Waals surface area contributed by atoms with E-state index in [2.05, 4.69) is 83.6 Å². The Bertz CT molecular complexity index is 801. The topological polar surface area (TPSA) is 18.5 Å². The molecule has 278 valence electrons. The largest absolute Gasteiger partial charge is 0.344 e. The first-order valence-electron chi connectivity index (χ1n) is 21.2. The Labute approximate surface area is 300 Å². The van der Waals surface area contributed by atoms with Crippen LogP contribution in [0.1, 0.15) is 194 Å². The summed E-state index contributed by atoms with van der Waals surface area (Å²) >= 11 is 0. The van der Waals surface area contributed by atoms with Crippen molar-refractivity contribution in [2.75, 3.05) is 21.1 Å². The van der Waals surface area contributed by atoms with E-state index in [1.165, 1.54) is 154 Å². The van der Waals surface area contributed by atoms with Crippen molar-refractivity contribution in [3.63, 3.8) is 0 Å². The molecule has 0 N–H and O–H groups in total. The fraction of sp³-hybridized carbons (Fsp3) is 0.822. The molecule has 2 fully saturated rings. The maximum absolute atomic E-state index is 6.90. The lowest BCUT2D eigenvalue weighted by Crippen LogP contribution is -2.50. The van der Waals surface area contributed by atoms with E-state index in [9.17, 15) is 0 Å². The number of ether oxygens (including phenoxy) is 2. The maximum Gasteiger partial charge on any atom is 0.169 e. The van der Waals surface area contributed by atoms with Gasteiger partial charge in [-0.15, -0.1) is 0 Å². The zero-order valence-corrected chi connectivity index (χ0v) is 32.9. The van der Waals surface area contributed by atoms with Crippen LogP contribution in [0, 0.1) is 0 Å². The van der Waals surface area contributed by atoms with Crippen molar-refractivity contribution < 1.29 is 14.0 Å². The van der Waals surface area contributed by atoms with Crippen molar-refractivity contribution in [3.8, 4) is 0 Å². The summed E-state index contributed by atoms with van der Waals surface area (Å²) in [6.45, 7) is 4.54. The Morgan fingerprint density at radius 1 is 0.479 bits per heavy atom. The Morgan fingerprint density at radius 3 is 1.21 bits per heavy atom. The van der Waals surface area contributed by atoms with Crippen molar-refractivity contribution in [1.82, 2.24) is 0 Å². The van der Waals surface area contributed by atoms with Crippen LogP contribution in [-0.4, -0.2) is 49.7 Å². The van der Waals surface area contributed by atoms with E-state index in [4.69, 9.17) is 9.47 Å². The fourth-order valence-electron chi connectivity index (χ4n) is 7.59. The summed E-state index contributed by atoms with van der Waals surface area (Å²) in [4.78, 5) is 0. The van der Waals surface area contributed by atoms with Crippen LogP contribution in [0.2, 0.25) is 0 Å². The predicted octanol–water partition coefficient (Wildman–Crippen LogP) is 13.7. The van der Waals surface area contributed by atoms with Gasteiger partial charge >= 0.3 is 0 Å². The molecule has 1 saturated heterocycles. The van der Waals surface area contributed by atoms with Crippen LogP contribution in [0.3, 0.4) is 0 Å². The first-order chi connectivity index (χ1) is 23.4. The van der Waals surface area contributed by atoms with Gasteiger partial charge in [0, 0.05) is 25.7 Å². The second kappa shape index (κ2) is 27.5. The summed E-state index contributed by atoms with van der Waals surface area (Å²) in [6, 6.07) is 0.726. The number of rotatable bonds is 29. The quantitative estimate of drug-likeness (QED) is 0.0449. The molecule has 2 unspecified atom stereocenters. The summed E-state index contributed by atoms with van der Waals surface area (Å²) in [6.07, 6.45) is 54.9. The monoisotopic (exact) mass is 669 g/mol. The molecular formula is C45H82NO2+. The summed E-state index contributed by atoms with van der Waals surface area (Å²) in [5.74, 6) is -0.297. The number of hydrogen-bond acceptors (Lipinski definition) is 2. The van der Waals surface area contributed by atoms with Crippen LogP contribution < -0.4 is 0 Å². The number of nitrogens with zero attached hydrogens (tertiary/aromatic N) is 1. The number of quaternary nitrogens is 1. The molecule has 3 nitrogen and oxygen atoms in total. The third kappa shape index (κ3) is 20.5. The van der Waals surface area contributed by atoms with Gasteiger partial charge in [0.05, 0.1) is 39.4 Å². The maximum atomic E-state index is 6.90. The summed E-state index contributed by atoms with van der Waals surface area (Å²) < 4.78 is 14.9. The molecule has 1 aliphatic carbocycles. The SMILES string of the molecule is CCCCC/C=C\C/C=C\CCCCCCCC1OC2(CCC([N+](C)(C)C)CC2)OC1CCCCCCC/C=C\C/C=C\CCCCC. The highest BCUT2D eigenvalue weighted by Crippen LogP contribution is 2.44. The van der Waals surface area contributed by atoms with E-state index in [0.29, 0.717) is 12.2 Å². The lowest BCUT2D eigenvalue weighted by atomic mass is 9.88. The molecule has 2 rings (SSSR count). The smallest absolute Gasteiger partial charge is 0.169 e. The fourth-order valence-corrected chi connectivity index (χ4v) is 7.59. The Balaban J connectivity index is 1.62. The van der Waals surface area contributed by atoms with Crippen molar-refractivity contribution in [2.45, 2.75) is 218 Å². The second-order valence-corrected chi connectivity index (χ2v) is 16.1. The molecule has 1 saturated carbocycles. The number of allylic oxidation sites excluding steroid dienone is 8. The van der Waals surface area contributed by atoms with Crippen LogP contribution in [0.25, 0.3) is 0 Å². The molecule has 2 atom stereocenters. The summed E-state index contributed by atoms with van der Waals surface area (Å²) in [7, 11) is 7.04. The van der Waals surface area contributed by atoms with E-state index in [1.54, 1.807) is 0 Å². The molecule has 0 aromatic carbocycles. The van der Waals surface area contributed by atoms with Gasteiger partial charge in [0.1, 0.15) is 0 Å². The van der Waals surface area contributed by atoms with Crippen molar-refractivity contribution in [2.24, 2.45) is 0 Å². The van der Waals surface area contributed by atoms with Crippen molar-refractivity contribution in [3.05, 3.63) is 48.6 Å². The van der Waals surface area contributed by atoms with Gasteiger partial charge in [0.15, 0.2) is 5.79 Å². The molecule has 0 bridgehead atoms. The minimum absolute atomic E-state index is 0.297. The molecule has 1 aliphatic heterocycles. The average Bonchev–Trinajstić information content (AvgIpc) is 3.40. The van der Waals surface area contributed by atoms with Crippen molar-refractivity contribution in [1.29, 1.82) is 0 Å². The highest BCUT2D eigenvalue weighted by Gasteiger charge is 2.50. The predicted molar refractivity (Wildman–Crippen MR) is 211 cm³/mol. The molecule has 0 aromatic heterocycles. The number of unbranched alkanes of at least 4 members (excludes halogenated alkanes) is 16. The van der Waals surface area contributed by atoms with Gasteiger partial charge in [-0.2, -0.15) is 0 Å². The lowest BCUT2D eigenvalue weighted by molar-refractivity contribution is -0.898. The van der Waals surface area contributed by atoms with E-state index in [-0.39, 0.29) is 5.79 Å². The van der Waals surface area contributed by atoms with E-state index in [1.807, 2.05) is 0 Å². The molecule has 3 heteroatoms. The van der Waals surface area contributed by atoms with Crippen LogP contribution in [-0.2, 0) is 9.47 Å². The highest BCUT2D eigenvalue weighted by atomic mass is 16.8. The zero-order valence-electron chi connectivity index (χ0n) is 32.9. The molecule has 48 heavy (non-hydrogen) atoms. The summed E-state index contributed by atoms with van der Waals surface area (Å²) in [5, 5.41) is 0. The number of hydrogen-bond donors (Lipinski definition) is 0. The molecule has 2 aliphatic rings. The van der Waals surface area contributed by atoms with Crippen LogP contribution in [0.5, 0.6) is 0 Å². The minimum atomic E-state index is -0.297. The first-order valence-corrected chi connectivity index (χ1v) is 21.2. The van der Waals surface area contributed by atoms with Gasteiger partial charge in [-0.25, -0.2) is 0 Å². The Morgan fingerprint density at radius 2 is 0.833 bits per heavy atom. The van der Waals surface area contributed by atoms with Crippen LogP contribution in [0.15, 0.2) is 48.6 Å². The molecule has 0 amide bonds. The van der Waals surface area contributed by atoms with E-state index < -0.39 is 0 Å². The van der Waals surface area contributed by atoms with Gasteiger partial charge in [-0.05, 0) is 77.0 Å². The van der Waals surface area contributed by atoms with Gasteiger partial charge in [0.2, 0.25) is 0 Å². The Kier molecular flexibility index (Phi) is 24.7. The molecular weight excluding hydrogens is 587 g/mol. The van der Waals surface area contributed by atoms with Crippen LogP contribution in [0.4, 0.5) is 0 Å². The van der Waals surface area contributed by atoms with E-state index >= 15 is 0 Å². The average molecular weight is 669 g/mol. The van der Waals surface area contributed by atoms with Crippen LogP contribution >= 0.6 is 0 Å². The molecule has 0 radical (unpaired) electrons. The summed E-state index contributed by atoms with van der Waals surface area (Å²) in [5.41, 5.74) is 0. The minimum Gasteiger partial charge on any atom is -0.344 e. The molecule has 1 heterocycles. The molecule has 1 spiro atoms.